The number of rotatable bonds is 5. The van der Waals surface area contributed by atoms with Gasteiger partial charge in [-0.1, -0.05) is 6.07 Å². The summed E-state index contributed by atoms with van der Waals surface area (Å²) in [5.41, 5.74) is 0.490. The Morgan fingerprint density at radius 3 is 2.76 bits per heavy atom. The number of carbonyl (C=O) groups is 1. The number of aromatic nitrogens is 1. The van der Waals surface area contributed by atoms with E-state index in [0.717, 1.165) is 10.9 Å². The van der Waals surface area contributed by atoms with E-state index in [9.17, 15) is 4.79 Å². The van der Waals surface area contributed by atoms with Gasteiger partial charge in [-0.15, -0.1) is 0 Å². The number of nitrogens with zero attached hydrogens (tertiary/aromatic N) is 2. The van der Waals surface area contributed by atoms with Gasteiger partial charge in [0.1, 0.15) is 6.10 Å². The molecule has 0 radical (unpaired) electrons. The Balaban J connectivity index is 1.69. The van der Waals surface area contributed by atoms with Crippen LogP contribution in [0.1, 0.15) is 16.8 Å². The maximum Gasteiger partial charge on any atom is 0.257 e. The SMILES string of the molecule is COc1cccc(C(=O)N2CCC(Oc3ccc(Br)cn3)C2)c1OC. The molecule has 1 unspecified atom stereocenters. The highest BCUT2D eigenvalue weighted by molar-refractivity contribution is 9.10. The van der Waals surface area contributed by atoms with Crippen molar-refractivity contribution in [2.24, 2.45) is 0 Å². The predicted molar refractivity (Wildman–Crippen MR) is 96.4 cm³/mol. The molecule has 1 aliphatic heterocycles. The number of halogens is 1. The minimum absolute atomic E-state index is 0.0748. The lowest BCUT2D eigenvalue weighted by molar-refractivity contribution is 0.0767. The van der Waals surface area contributed by atoms with Crippen LogP contribution < -0.4 is 14.2 Å². The van der Waals surface area contributed by atoms with Crippen LogP contribution in [0.4, 0.5) is 0 Å². The summed E-state index contributed by atoms with van der Waals surface area (Å²) in [7, 11) is 3.08. The van der Waals surface area contributed by atoms with Crippen molar-refractivity contribution in [3.8, 4) is 17.4 Å². The average Bonchev–Trinajstić information content (AvgIpc) is 3.10. The molecule has 1 aromatic heterocycles. The molecule has 1 amide bonds. The quantitative estimate of drug-likeness (QED) is 0.762. The summed E-state index contributed by atoms with van der Waals surface area (Å²) in [6.45, 7) is 1.14. The molecule has 132 valence electrons. The Kier molecular flexibility index (Phi) is 5.43. The summed E-state index contributed by atoms with van der Waals surface area (Å²) in [5, 5.41) is 0. The first kappa shape index (κ1) is 17.5. The Morgan fingerprint density at radius 1 is 1.24 bits per heavy atom. The highest BCUT2D eigenvalue weighted by Crippen LogP contribution is 2.32. The van der Waals surface area contributed by atoms with Gasteiger partial charge in [-0.05, 0) is 34.1 Å². The van der Waals surface area contributed by atoms with Crippen LogP contribution in [0.15, 0.2) is 41.0 Å². The molecule has 0 saturated carbocycles. The van der Waals surface area contributed by atoms with Crippen LogP contribution in [0.2, 0.25) is 0 Å². The summed E-state index contributed by atoms with van der Waals surface area (Å²) in [6.07, 6.45) is 2.37. The fourth-order valence-corrected chi connectivity index (χ4v) is 3.07. The molecule has 2 aromatic rings. The van der Waals surface area contributed by atoms with E-state index in [-0.39, 0.29) is 12.0 Å². The monoisotopic (exact) mass is 406 g/mol. The van der Waals surface area contributed by atoms with Crippen molar-refractivity contribution in [1.82, 2.24) is 9.88 Å². The summed E-state index contributed by atoms with van der Waals surface area (Å²) >= 11 is 3.34. The molecule has 0 aliphatic carbocycles. The number of ether oxygens (including phenoxy) is 3. The highest BCUT2D eigenvalue weighted by atomic mass is 79.9. The van der Waals surface area contributed by atoms with Gasteiger partial charge in [0.15, 0.2) is 11.5 Å². The minimum Gasteiger partial charge on any atom is -0.493 e. The minimum atomic E-state index is -0.0920. The normalized spacial score (nSPS) is 16.6. The molecule has 3 rings (SSSR count). The predicted octanol–water partition coefficient (Wildman–Crippen LogP) is 3.15. The molecule has 25 heavy (non-hydrogen) atoms. The Labute approximate surface area is 154 Å². The van der Waals surface area contributed by atoms with Gasteiger partial charge in [0, 0.05) is 29.7 Å². The average molecular weight is 407 g/mol. The summed E-state index contributed by atoms with van der Waals surface area (Å²) in [5.74, 6) is 1.46. The largest absolute Gasteiger partial charge is 0.493 e. The van der Waals surface area contributed by atoms with Gasteiger partial charge in [0.2, 0.25) is 5.88 Å². The molecule has 1 aliphatic rings. The standard InChI is InChI=1S/C18H19BrN2O4/c1-23-15-5-3-4-14(17(15)24-2)18(22)21-9-8-13(11-21)25-16-7-6-12(19)10-20-16/h3-7,10,13H,8-9,11H2,1-2H3. The molecule has 1 fully saturated rings. The maximum absolute atomic E-state index is 12.9. The van der Waals surface area contributed by atoms with Gasteiger partial charge >= 0.3 is 0 Å². The van der Waals surface area contributed by atoms with Crippen LogP contribution in [0.3, 0.4) is 0 Å². The molecule has 0 spiro atoms. The fourth-order valence-electron chi connectivity index (χ4n) is 2.84. The zero-order chi connectivity index (χ0) is 17.8. The van der Waals surface area contributed by atoms with Crippen molar-refractivity contribution in [3.63, 3.8) is 0 Å². The van der Waals surface area contributed by atoms with Gasteiger partial charge in [0.05, 0.1) is 26.3 Å². The molecule has 0 bridgehead atoms. The second-order valence-corrected chi connectivity index (χ2v) is 6.55. The zero-order valence-corrected chi connectivity index (χ0v) is 15.7. The highest BCUT2D eigenvalue weighted by Gasteiger charge is 2.30. The van der Waals surface area contributed by atoms with E-state index in [1.165, 1.54) is 7.11 Å². The molecular weight excluding hydrogens is 388 g/mol. The van der Waals surface area contributed by atoms with E-state index in [1.807, 2.05) is 6.07 Å². The number of methoxy groups -OCH3 is 2. The van der Waals surface area contributed by atoms with Gasteiger partial charge in [0.25, 0.3) is 5.91 Å². The second kappa shape index (κ2) is 7.74. The van der Waals surface area contributed by atoms with Gasteiger partial charge < -0.3 is 19.1 Å². The van der Waals surface area contributed by atoms with Crippen LogP contribution in [0.5, 0.6) is 17.4 Å². The van der Waals surface area contributed by atoms with Crippen molar-refractivity contribution >= 4 is 21.8 Å². The van der Waals surface area contributed by atoms with Gasteiger partial charge in [-0.3, -0.25) is 4.79 Å². The third kappa shape index (κ3) is 3.87. The number of hydrogen-bond acceptors (Lipinski definition) is 5. The number of hydrogen-bond donors (Lipinski definition) is 0. The van der Waals surface area contributed by atoms with Crippen molar-refractivity contribution in [2.75, 3.05) is 27.3 Å². The second-order valence-electron chi connectivity index (χ2n) is 5.64. The maximum atomic E-state index is 12.9. The number of para-hydroxylation sites is 1. The molecule has 2 heterocycles. The molecule has 1 atom stereocenters. The third-order valence-electron chi connectivity index (χ3n) is 4.05. The molecule has 7 heteroatoms. The molecule has 1 aromatic carbocycles. The van der Waals surface area contributed by atoms with Crippen LogP contribution in [0.25, 0.3) is 0 Å². The Hall–Kier alpha value is -2.28. The van der Waals surface area contributed by atoms with E-state index in [4.69, 9.17) is 14.2 Å². The van der Waals surface area contributed by atoms with Crippen molar-refractivity contribution in [3.05, 3.63) is 46.6 Å². The fraction of sp³-hybridized carbons (Fsp3) is 0.333. The number of likely N-dealkylation sites (tertiary alicyclic amines) is 1. The zero-order valence-electron chi connectivity index (χ0n) is 14.1. The third-order valence-corrected chi connectivity index (χ3v) is 4.52. The summed E-state index contributed by atoms with van der Waals surface area (Å²) < 4.78 is 17.4. The summed E-state index contributed by atoms with van der Waals surface area (Å²) in [6, 6.07) is 8.98. The van der Waals surface area contributed by atoms with Gasteiger partial charge in [-0.2, -0.15) is 0 Å². The number of amides is 1. The molecule has 6 nitrogen and oxygen atoms in total. The van der Waals surface area contributed by atoms with E-state index in [1.54, 1.807) is 42.5 Å². The van der Waals surface area contributed by atoms with Crippen LogP contribution in [0, 0.1) is 0 Å². The first-order valence-corrected chi connectivity index (χ1v) is 8.70. The lowest BCUT2D eigenvalue weighted by Crippen LogP contribution is -2.31. The first-order chi connectivity index (χ1) is 12.1. The van der Waals surface area contributed by atoms with E-state index < -0.39 is 0 Å². The van der Waals surface area contributed by atoms with Crippen LogP contribution in [-0.2, 0) is 0 Å². The first-order valence-electron chi connectivity index (χ1n) is 7.91. The van der Waals surface area contributed by atoms with Crippen molar-refractivity contribution in [2.45, 2.75) is 12.5 Å². The number of carbonyl (C=O) groups excluding carboxylic acids is 1. The number of benzene rings is 1. The molecule has 1 saturated heterocycles. The van der Waals surface area contributed by atoms with E-state index in [2.05, 4.69) is 20.9 Å². The van der Waals surface area contributed by atoms with Crippen LogP contribution in [-0.4, -0.2) is 49.2 Å². The lowest BCUT2D eigenvalue weighted by Gasteiger charge is -2.19. The smallest absolute Gasteiger partial charge is 0.257 e. The molecule has 0 N–H and O–H groups in total. The van der Waals surface area contributed by atoms with E-state index >= 15 is 0 Å². The van der Waals surface area contributed by atoms with Gasteiger partial charge in [-0.25, -0.2) is 4.98 Å². The Morgan fingerprint density at radius 2 is 2.08 bits per heavy atom. The van der Waals surface area contributed by atoms with Crippen molar-refractivity contribution in [1.29, 1.82) is 0 Å². The van der Waals surface area contributed by atoms with Crippen molar-refractivity contribution < 1.29 is 19.0 Å². The molecular formula is C18H19BrN2O4. The van der Waals surface area contributed by atoms with E-state index in [0.29, 0.717) is 36.0 Å². The van der Waals surface area contributed by atoms with Crippen LogP contribution >= 0.6 is 15.9 Å². The Bertz CT molecular complexity index is 751. The number of pyridine rings is 1. The summed E-state index contributed by atoms with van der Waals surface area (Å²) in [4.78, 5) is 18.8. The topological polar surface area (TPSA) is 60.9 Å². The lowest BCUT2D eigenvalue weighted by atomic mass is 10.1.